The van der Waals surface area contributed by atoms with Gasteiger partial charge in [0.1, 0.15) is 6.04 Å². The molecule has 0 spiro atoms. The molecule has 1 fully saturated rings. The molecule has 0 radical (unpaired) electrons. The number of benzene rings is 1. The number of carbonyl (C=O) groups excluding carboxylic acids is 1. The van der Waals surface area contributed by atoms with E-state index >= 15 is 0 Å². The van der Waals surface area contributed by atoms with Crippen LogP contribution >= 0.6 is 0 Å². The SMILES string of the molecule is CCc1noc(C2CCC(=O)N2Cc2cc(C)ccc2C)n1. The predicted molar refractivity (Wildman–Crippen MR) is 82.1 cm³/mol. The number of aromatic nitrogens is 2. The first-order valence-electron chi connectivity index (χ1n) is 7.76. The van der Waals surface area contributed by atoms with Gasteiger partial charge in [0.05, 0.1) is 0 Å². The van der Waals surface area contributed by atoms with Crippen molar-refractivity contribution in [2.24, 2.45) is 0 Å². The van der Waals surface area contributed by atoms with E-state index in [0.29, 0.717) is 24.7 Å². The van der Waals surface area contributed by atoms with Gasteiger partial charge >= 0.3 is 0 Å². The number of amides is 1. The first-order chi connectivity index (χ1) is 10.6. The van der Waals surface area contributed by atoms with Gasteiger partial charge in [0.15, 0.2) is 5.82 Å². The van der Waals surface area contributed by atoms with Crippen LogP contribution in [0.5, 0.6) is 0 Å². The third kappa shape index (κ3) is 2.75. The number of carbonyl (C=O) groups is 1. The van der Waals surface area contributed by atoms with Crippen molar-refractivity contribution >= 4 is 5.91 Å². The average Bonchev–Trinajstić information content (AvgIpc) is 3.10. The van der Waals surface area contributed by atoms with E-state index < -0.39 is 0 Å². The Morgan fingerprint density at radius 2 is 2.18 bits per heavy atom. The van der Waals surface area contributed by atoms with Crippen LogP contribution in [-0.4, -0.2) is 20.9 Å². The largest absolute Gasteiger partial charge is 0.337 e. The molecule has 116 valence electrons. The van der Waals surface area contributed by atoms with Crippen molar-refractivity contribution in [2.75, 3.05) is 0 Å². The minimum atomic E-state index is -0.0970. The zero-order valence-electron chi connectivity index (χ0n) is 13.3. The van der Waals surface area contributed by atoms with Crippen molar-refractivity contribution in [3.05, 3.63) is 46.6 Å². The highest BCUT2D eigenvalue weighted by Crippen LogP contribution is 2.33. The van der Waals surface area contributed by atoms with Gasteiger partial charge in [0.25, 0.3) is 0 Å². The van der Waals surface area contributed by atoms with E-state index in [1.165, 1.54) is 16.7 Å². The summed E-state index contributed by atoms with van der Waals surface area (Å²) in [6.45, 7) is 6.73. The molecular formula is C17H21N3O2. The van der Waals surface area contributed by atoms with Crippen LogP contribution < -0.4 is 0 Å². The molecule has 1 aromatic carbocycles. The molecule has 0 N–H and O–H groups in total. The van der Waals surface area contributed by atoms with E-state index in [1.807, 2.05) is 11.8 Å². The second kappa shape index (κ2) is 5.91. The topological polar surface area (TPSA) is 59.2 Å². The van der Waals surface area contributed by atoms with Crippen LogP contribution in [-0.2, 0) is 17.8 Å². The standard InChI is InChI=1S/C17H21N3O2/c1-4-15-18-17(22-19-15)14-7-8-16(21)20(14)10-13-9-11(2)5-6-12(13)3/h5-6,9,14H,4,7-8,10H2,1-3H3. The smallest absolute Gasteiger partial charge is 0.249 e. The molecule has 1 aliphatic rings. The zero-order valence-corrected chi connectivity index (χ0v) is 13.3. The minimum absolute atomic E-state index is 0.0970. The van der Waals surface area contributed by atoms with E-state index in [2.05, 4.69) is 42.2 Å². The molecule has 5 heteroatoms. The molecule has 1 aromatic heterocycles. The second-order valence-electron chi connectivity index (χ2n) is 5.91. The van der Waals surface area contributed by atoms with Crippen molar-refractivity contribution in [1.82, 2.24) is 15.0 Å². The Morgan fingerprint density at radius 3 is 2.91 bits per heavy atom. The van der Waals surface area contributed by atoms with Crippen LogP contribution in [0.15, 0.2) is 22.7 Å². The van der Waals surface area contributed by atoms with Gasteiger partial charge in [0, 0.05) is 19.4 Å². The van der Waals surface area contributed by atoms with E-state index in [0.717, 1.165) is 12.8 Å². The molecule has 0 saturated carbocycles. The lowest BCUT2D eigenvalue weighted by Gasteiger charge is -2.23. The maximum Gasteiger partial charge on any atom is 0.249 e. The van der Waals surface area contributed by atoms with Crippen molar-refractivity contribution in [2.45, 2.75) is 52.6 Å². The maximum atomic E-state index is 12.3. The third-order valence-corrected chi connectivity index (χ3v) is 4.26. The average molecular weight is 299 g/mol. The van der Waals surface area contributed by atoms with Crippen LogP contribution in [0, 0.1) is 13.8 Å². The fourth-order valence-electron chi connectivity index (χ4n) is 2.89. The summed E-state index contributed by atoms with van der Waals surface area (Å²) in [6.07, 6.45) is 2.02. The fourth-order valence-corrected chi connectivity index (χ4v) is 2.89. The first kappa shape index (κ1) is 14.8. The summed E-state index contributed by atoms with van der Waals surface area (Å²) in [4.78, 5) is 18.5. The second-order valence-corrected chi connectivity index (χ2v) is 5.91. The Labute approximate surface area is 130 Å². The summed E-state index contributed by atoms with van der Waals surface area (Å²) >= 11 is 0. The lowest BCUT2D eigenvalue weighted by atomic mass is 10.0. The Morgan fingerprint density at radius 1 is 1.36 bits per heavy atom. The van der Waals surface area contributed by atoms with Gasteiger partial charge in [-0.1, -0.05) is 35.8 Å². The van der Waals surface area contributed by atoms with Gasteiger partial charge in [-0.05, 0) is 31.4 Å². The van der Waals surface area contributed by atoms with Crippen LogP contribution in [0.2, 0.25) is 0 Å². The number of likely N-dealkylation sites (tertiary alicyclic amines) is 1. The van der Waals surface area contributed by atoms with E-state index in [-0.39, 0.29) is 11.9 Å². The number of aryl methyl sites for hydroxylation is 3. The van der Waals surface area contributed by atoms with E-state index in [9.17, 15) is 4.79 Å². The lowest BCUT2D eigenvalue weighted by Crippen LogP contribution is -2.27. The molecule has 1 unspecified atom stereocenters. The van der Waals surface area contributed by atoms with Gasteiger partial charge < -0.3 is 9.42 Å². The monoisotopic (exact) mass is 299 g/mol. The van der Waals surface area contributed by atoms with E-state index in [1.54, 1.807) is 0 Å². The highest BCUT2D eigenvalue weighted by atomic mass is 16.5. The summed E-state index contributed by atoms with van der Waals surface area (Å²) in [6, 6.07) is 6.24. The quantitative estimate of drug-likeness (QED) is 0.870. The highest BCUT2D eigenvalue weighted by Gasteiger charge is 2.36. The lowest BCUT2D eigenvalue weighted by molar-refractivity contribution is -0.130. The van der Waals surface area contributed by atoms with Gasteiger partial charge in [-0.3, -0.25) is 4.79 Å². The first-order valence-corrected chi connectivity index (χ1v) is 7.76. The van der Waals surface area contributed by atoms with Gasteiger partial charge in [0.2, 0.25) is 11.8 Å². The van der Waals surface area contributed by atoms with Crippen molar-refractivity contribution in [3.8, 4) is 0 Å². The maximum absolute atomic E-state index is 12.3. The van der Waals surface area contributed by atoms with Crippen LogP contribution in [0.25, 0.3) is 0 Å². The molecule has 2 aromatic rings. The molecule has 1 aliphatic heterocycles. The molecule has 1 atom stereocenters. The van der Waals surface area contributed by atoms with Crippen LogP contribution in [0.1, 0.15) is 54.2 Å². The Balaban J connectivity index is 1.86. The summed E-state index contributed by atoms with van der Waals surface area (Å²) in [7, 11) is 0. The summed E-state index contributed by atoms with van der Waals surface area (Å²) in [5, 5.41) is 3.95. The van der Waals surface area contributed by atoms with Crippen LogP contribution in [0.4, 0.5) is 0 Å². The highest BCUT2D eigenvalue weighted by molar-refractivity contribution is 5.78. The molecule has 1 saturated heterocycles. The van der Waals surface area contributed by atoms with Crippen molar-refractivity contribution in [1.29, 1.82) is 0 Å². The third-order valence-electron chi connectivity index (χ3n) is 4.26. The molecule has 2 heterocycles. The number of hydrogen-bond donors (Lipinski definition) is 0. The predicted octanol–water partition coefficient (Wildman–Crippen LogP) is 3.11. The molecular weight excluding hydrogens is 278 g/mol. The van der Waals surface area contributed by atoms with Crippen molar-refractivity contribution < 1.29 is 9.32 Å². The molecule has 1 amide bonds. The van der Waals surface area contributed by atoms with Crippen LogP contribution in [0.3, 0.4) is 0 Å². The summed E-state index contributed by atoms with van der Waals surface area (Å²) in [5.41, 5.74) is 3.58. The normalized spacial score (nSPS) is 18.2. The van der Waals surface area contributed by atoms with Gasteiger partial charge in [-0.2, -0.15) is 4.98 Å². The Bertz CT molecular complexity index is 693. The summed E-state index contributed by atoms with van der Waals surface area (Å²) in [5.74, 6) is 1.41. The number of hydrogen-bond acceptors (Lipinski definition) is 4. The van der Waals surface area contributed by atoms with Gasteiger partial charge in [-0.15, -0.1) is 0 Å². The Hall–Kier alpha value is -2.17. The summed E-state index contributed by atoms with van der Waals surface area (Å²) < 4.78 is 5.35. The number of nitrogens with zero attached hydrogens (tertiary/aromatic N) is 3. The van der Waals surface area contributed by atoms with Crippen molar-refractivity contribution in [3.63, 3.8) is 0 Å². The minimum Gasteiger partial charge on any atom is -0.337 e. The molecule has 5 nitrogen and oxygen atoms in total. The zero-order chi connectivity index (χ0) is 15.7. The molecule has 0 bridgehead atoms. The fraction of sp³-hybridized carbons (Fsp3) is 0.471. The molecule has 22 heavy (non-hydrogen) atoms. The Kier molecular flexibility index (Phi) is 3.96. The number of rotatable bonds is 4. The molecule has 0 aliphatic carbocycles. The molecule has 3 rings (SSSR count). The van der Waals surface area contributed by atoms with Gasteiger partial charge in [-0.25, -0.2) is 0 Å². The van der Waals surface area contributed by atoms with E-state index in [4.69, 9.17) is 4.52 Å².